The number of rotatable bonds is 2. The molecule has 3 nitrogen and oxygen atoms in total. The van der Waals surface area contributed by atoms with Crippen LogP contribution in [-0.2, 0) is 10.8 Å². The molecule has 0 radical (unpaired) electrons. The molecule has 0 aromatic carbocycles. The summed E-state index contributed by atoms with van der Waals surface area (Å²) in [5, 5.41) is 9.40. The molecule has 66 valence electrons. The van der Waals surface area contributed by atoms with Crippen LogP contribution in [0.1, 0.15) is 13.3 Å². The van der Waals surface area contributed by atoms with Crippen molar-refractivity contribution < 1.29 is 9.32 Å². The van der Waals surface area contributed by atoms with Gasteiger partial charge < -0.3 is 5.11 Å². The summed E-state index contributed by atoms with van der Waals surface area (Å²) in [5.41, 5.74) is 0. The summed E-state index contributed by atoms with van der Waals surface area (Å²) >= 11 is 0. The lowest BCUT2D eigenvalue weighted by atomic mass is 10.3. The Balaban J connectivity index is 2.32. The second-order valence-electron chi connectivity index (χ2n) is 2.77. The van der Waals surface area contributed by atoms with Gasteiger partial charge in [0.05, 0.1) is 0 Å². The first-order chi connectivity index (χ1) is 5.24. The van der Waals surface area contributed by atoms with E-state index in [4.69, 9.17) is 0 Å². The van der Waals surface area contributed by atoms with Crippen LogP contribution in [0.3, 0.4) is 0 Å². The van der Waals surface area contributed by atoms with Crippen LogP contribution in [0.4, 0.5) is 0 Å². The quantitative estimate of drug-likeness (QED) is 0.634. The molecule has 0 aromatic heterocycles. The summed E-state index contributed by atoms with van der Waals surface area (Å²) in [5.74, 6) is 1.44. The molecule has 11 heavy (non-hydrogen) atoms. The molecular weight excluding hydrogens is 162 g/mol. The minimum Gasteiger partial charge on any atom is -0.378 e. The number of hydrogen-bond donors (Lipinski definition) is 1. The highest BCUT2D eigenvalue weighted by molar-refractivity contribution is 7.85. The van der Waals surface area contributed by atoms with E-state index in [1.54, 1.807) is 0 Å². The van der Waals surface area contributed by atoms with E-state index in [1.807, 2.05) is 11.8 Å². The Morgan fingerprint density at radius 1 is 1.55 bits per heavy atom. The highest BCUT2D eigenvalue weighted by Gasteiger charge is 2.19. The number of aliphatic hydroxyl groups is 1. The molecular formula is C7H15NO2S. The van der Waals surface area contributed by atoms with Gasteiger partial charge in [-0.05, 0) is 6.42 Å². The van der Waals surface area contributed by atoms with Crippen molar-refractivity contribution in [2.45, 2.75) is 19.6 Å². The lowest BCUT2D eigenvalue weighted by molar-refractivity contribution is 0.00766. The van der Waals surface area contributed by atoms with Crippen molar-refractivity contribution >= 4 is 10.8 Å². The molecule has 1 rings (SSSR count). The molecule has 1 fully saturated rings. The molecule has 0 aliphatic carbocycles. The van der Waals surface area contributed by atoms with E-state index in [9.17, 15) is 9.32 Å². The number of nitrogens with zero attached hydrogens (tertiary/aromatic N) is 1. The molecule has 0 aromatic rings. The smallest absolute Gasteiger partial charge is 0.107 e. The Morgan fingerprint density at radius 3 is 2.55 bits per heavy atom. The molecule has 0 amide bonds. The third-order valence-electron chi connectivity index (χ3n) is 2.00. The highest BCUT2D eigenvalue weighted by Crippen LogP contribution is 2.05. The predicted octanol–water partition coefficient (Wildman–Crippen LogP) is -0.221. The first kappa shape index (κ1) is 9.16. The lowest BCUT2D eigenvalue weighted by Crippen LogP contribution is -2.44. The van der Waals surface area contributed by atoms with Crippen LogP contribution in [0.15, 0.2) is 0 Å². The van der Waals surface area contributed by atoms with Crippen LogP contribution < -0.4 is 0 Å². The zero-order valence-electron chi connectivity index (χ0n) is 6.82. The second kappa shape index (κ2) is 4.18. The van der Waals surface area contributed by atoms with Crippen molar-refractivity contribution in [3.63, 3.8) is 0 Å². The van der Waals surface area contributed by atoms with E-state index in [1.165, 1.54) is 0 Å². The summed E-state index contributed by atoms with van der Waals surface area (Å²) in [6.45, 7) is 3.51. The maximum absolute atomic E-state index is 10.9. The lowest BCUT2D eigenvalue weighted by Gasteiger charge is -2.29. The van der Waals surface area contributed by atoms with E-state index >= 15 is 0 Å². The summed E-state index contributed by atoms with van der Waals surface area (Å²) in [4.78, 5) is 1.99. The van der Waals surface area contributed by atoms with Crippen LogP contribution in [0, 0.1) is 0 Å². The number of aliphatic hydroxyl groups excluding tert-OH is 1. The molecule has 1 unspecified atom stereocenters. The summed E-state index contributed by atoms with van der Waals surface area (Å²) in [6.07, 6.45) is 0.430. The summed E-state index contributed by atoms with van der Waals surface area (Å²) < 4.78 is 10.9. The Hall–Kier alpha value is 0.0700. The van der Waals surface area contributed by atoms with Crippen LogP contribution in [0.25, 0.3) is 0 Å². The Labute approximate surface area is 69.9 Å². The standard InChI is InChI=1S/C7H15NO2S/c1-2-7(9)8-3-5-11(10)6-4-8/h7,9H,2-6H2,1H3. The minimum absolute atomic E-state index is 0.327. The van der Waals surface area contributed by atoms with Gasteiger partial charge in [0.25, 0.3) is 0 Å². The normalized spacial score (nSPS) is 25.3. The van der Waals surface area contributed by atoms with E-state index in [0.29, 0.717) is 0 Å². The van der Waals surface area contributed by atoms with Gasteiger partial charge in [-0.15, -0.1) is 0 Å². The SMILES string of the molecule is CCC(O)N1CCS(=O)CC1. The van der Waals surface area contributed by atoms with E-state index in [0.717, 1.165) is 31.0 Å². The van der Waals surface area contributed by atoms with Crippen LogP contribution in [-0.4, -0.2) is 45.0 Å². The summed E-state index contributed by atoms with van der Waals surface area (Å²) in [6, 6.07) is 0. The van der Waals surface area contributed by atoms with Crippen LogP contribution in [0.5, 0.6) is 0 Å². The monoisotopic (exact) mass is 177 g/mol. The maximum atomic E-state index is 10.9. The van der Waals surface area contributed by atoms with Gasteiger partial charge in [0.15, 0.2) is 0 Å². The van der Waals surface area contributed by atoms with Crippen LogP contribution in [0.2, 0.25) is 0 Å². The topological polar surface area (TPSA) is 40.5 Å². The molecule has 0 saturated carbocycles. The van der Waals surface area contributed by atoms with Crippen LogP contribution >= 0.6 is 0 Å². The molecule has 0 spiro atoms. The zero-order valence-corrected chi connectivity index (χ0v) is 7.64. The average Bonchev–Trinajstić information content (AvgIpc) is 2.05. The van der Waals surface area contributed by atoms with Gasteiger partial charge in [-0.3, -0.25) is 9.11 Å². The van der Waals surface area contributed by atoms with Gasteiger partial charge in [0.1, 0.15) is 6.23 Å². The largest absolute Gasteiger partial charge is 0.378 e. The Bertz CT molecular complexity index is 141. The maximum Gasteiger partial charge on any atom is 0.107 e. The third kappa shape index (κ3) is 2.54. The molecule has 1 aliphatic rings. The van der Waals surface area contributed by atoms with E-state index in [2.05, 4.69) is 0 Å². The number of hydrogen-bond acceptors (Lipinski definition) is 3. The highest BCUT2D eigenvalue weighted by atomic mass is 32.2. The van der Waals surface area contributed by atoms with Gasteiger partial charge in [0.2, 0.25) is 0 Å². The van der Waals surface area contributed by atoms with Crippen molar-refractivity contribution in [3.05, 3.63) is 0 Å². The molecule has 4 heteroatoms. The van der Waals surface area contributed by atoms with Crippen molar-refractivity contribution in [1.82, 2.24) is 4.90 Å². The van der Waals surface area contributed by atoms with Crippen molar-refractivity contribution in [1.29, 1.82) is 0 Å². The van der Waals surface area contributed by atoms with Gasteiger partial charge in [-0.2, -0.15) is 0 Å². The van der Waals surface area contributed by atoms with Gasteiger partial charge in [-0.1, -0.05) is 6.92 Å². The van der Waals surface area contributed by atoms with Gasteiger partial charge in [-0.25, -0.2) is 0 Å². The third-order valence-corrected chi connectivity index (χ3v) is 3.27. The molecule has 1 saturated heterocycles. The average molecular weight is 177 g/mol. The minimum atomic E-state index is -0.632. The van der Waals surface area contributed by atoms with Crippen molar-refractivity contribution in [2.75, 3.05) is 24.6 Å². The second-order valence-corrected chi connectivity index (χ2v) is 4.47. The molecule has 1 N–H and O–H groups in total. The van der Waals surface area contributed by atoms with Gasteiger partial charge in [0, 0.05) is 35.4 Å². The van der Waals surface area contributed by atoms with Crippen molar-refractivity contribution in [2.24, 2.45) is 0 Å². The van der Waals surface area contributed by atoms with E-state index < -0.39 is 10.8 Å². The fourth-order valence-corrected chi connectivity index (χ4v) is 2.29. The predicted molar refractivity (Wildman–Crippen MR) is 45.7 cm³/mol. The van der Waals surface area contributed by atoms with E-state index in [-0.39, 0.29) is 6.23 Å². The fraction of sp³-hybridized carbons (Fsp3) is 1.00. The Morgan fingerprint density at radius 2 is 2.09 bits per heavy atom. The Kier molecular flexibility index (Phi) is 3.48. The molecule has 1 aliphatic heterocycles. The first-order valence-electron chi connectivity index (χ1n) is 4.01. The zero-order chi connectivity index (χ0) is 8.27. The molecule has 1 heterocycles. The fourth-order valence-electron chi connectivity index (χ4n) is 1.21. The molecule has 0 bridgehead atoms. The molecule has 1 atom stereocenters. The first-order valence-corrected chi connectivity index (χ1v) is 5.50. The summed E-state index contributed by atoms with van der Waals surface area (Å²) in [7, 11) is -0.632. The van der Waals surface area contributed by atoms with Gasteiger partial charge >= 0.3 is 0 Å². The van der Waals surface area contributed by atoms with Crippen molar-refractivity contribution in [3.8, 4) is 0 Å².